The van der Waals surface area contributed by atoms with Gasteiger partial charge in [0.25, 0.3) is 0 Å². The second-order valence-electron chi connectivity index (χ2n) is 4.51. The van der Waals surface area contributed by atoms with Crippen LogP contribution in [-0.2, 0) is 9.84 Å². The molecule has 0 aliphatic carbocycles. The summed E-state index contributed by atoms with van der Waals surface area (Å²) in [6.45, 7) is 0. The number of hydrogen-bond acceptors (Lipinski definition) is 5. The van der Waals surface area contributed by atoms with Crippen molar-refractivity contribution in [3.05, 3.63) is 53.1 Å². The Morgan fingerprint density at radius 1 is 1.19 bits per heavy atom. The average Bonchev–Trinajstić information content (AvgIpc) is 2.94. The van der Waals surface area contributed by atoms with E-state index in [4.69, 9.17) is 9.68 Å². The number of allylic oxidation sites excluding steroid dienone is 1. The highest BCUT2D eigenvalue weighted by Gasteiger charge is 2.21. The number of sulfone groups is 1. The number of rotatable bonds is 4. The zero-order valence-electron chi connectivity index (χ0n) is 11.6. The Balaban J connectivity index is 2.44. The maximum atomic E-state index is 12.4. The van der Waals surface area contributed by atoms with E-state index in [-0.39, 0.29) is 9.80 Å². The van der Waals surface area contributed by atoms with Crippen molar-refractivity contribution in [3.63, 3.8) is 0 Å². The summed E-state index contributed by atoms with van der Waals surface area (Å²) in [7, 11) is -0.226. The number of hydrogen-bond donors (Lipinski definition) is 0. The van der Waals surface area contributed by atoms with Gasteiger partial charge in [0.1, 0.15) is 11.8 Å². The summed E-state index contributed by atoms with van der Waals surface area (Å²) >= 11 is 0. The van der Waals surface area contributed by atoms with Crippen LogP contribution in [0.3, 0.4) is 0 Å². The zero-order chi connectivity index (χ0) is 15.5. The van der Waals surface area contributed by atoms with Crippen LogP contribution in [0.1, 0.15) is 5.76 Å². The molecule has 0 spiro atoms. The molecular weight excluding hydrogens is 288 g/mol. The lowest BCUT2D eigenvalue weighted by molar-refractivity contribution is 0.555. The molecule has 0 saturated carbocycles. The fourth-order valence-electron chi connectivity index (χ4n) is 1.69. The van der Waals surface area contributed by atoms with Crippen LogP contribution in [0.4, 0.5) is 5.88 Å². The molecule has 1 aromatic carbocycles. The van der Waals surface area contributed by atoms with Gasteiger partial charge in [-0.25, -0.2) is 8.42 Å². The van der Waals surface area contributed by atoms with Crippen molar-refractivity contribution in [2.45, 2.75) is 4.90 Å². The summed E-state index contributed by atoms with van der Waals surface area (Å²) in [5.41, 5.74) is 0. The minimum atomic E-state index is -3.83. The second-order valence-corrected chi connectivity index (χ2v) is 6.43. The lowest BCUT2D eigenvalue weighted by Crippen LogP contribution is -2.06. The minimum absolute atomic E-state index is 0.0807. The van der Waals surface area contributed by atoms with Crippen LogP contribution in [0.15, 0.2) is 56.7 Å². The van der Waals surface area contributed by atoms with Gasteiger partial charge in [-0.1, -0.05) is 18.2 Å². The van der Waals surface area contributed by atoms with E-state index in [0.29, 0.717) is 11.6 Å². The smallest absolute Gasteiger partial charge is 0.216 e. The number of anilines is 1. The molecule has 0 radical (unpaired) electrons. The molecule has 0 atom stereocenters. The normalized spacial score (nSPS) is 12.0. The lowest BCUT2D eigenvalue weighted by Gasteiger charge is -2.06. The highest BCUT2D eigenvalue weighted by Crippen LogP contribution is 2.23. The van der Waals surface area contributed by atoms with Crippen LogP contribution in [0.2, 0.25) is 0 Å². The highest BCUT2D eigenvalue weighted by atomic mass is 32.2. The predicted octanol–water partition coefficient (Wildman–Crippen LogP) is 2.68. The van der Waals surface area contributed by atoms with E-state index in [0.717, 1.165) is 0 Å². The molecule has 1 aromatic heterocycles. The van der Waals surface area contributed by atoms with E-state index in [1.165, 1.54) is 18.2 Å². The molecule has 108 valence electrons. The largest absolute Gasteiger partial charge is 0.441 e. The quantitative estimate of drug-likeness (QED) is 0.812. The first-order chi connectivity index (χ1) is 9.95. The SMILES string of the molecule is CN(C)c1ccc(/C=C(\C#N)S(=O)(=O)c2ccccc2)o1. The van der Waals surface area contributed by atoms with Gasteiger partial charge < -0.3 is 9.32 Å². The lowest BCUT2D eigenvalue weighted by atomic mass is 10.4. The van der Waals surface area contributed by atoms with Crippen LogP contribution in [0.25, 0.3) is 6.08 Å². The molecular formula is C15H14N2O3S. The van der Waals surface area contributed by atoms with Crippen molar-refractivity contribution in [3.8, 4) is 6.07 Å². The molecule has 2 rings (SSSR count). The molecule has 0 bridgehead atoms. The Morgan fingerprint density at radius 3 is 2.38 bits per heavy atom. The fraction of sp³-hybridized carbons (Fsp3) is 0.133. The van der Waals surface area contributed by atoms with Gasteiger partial charge >= 0.3 is 0 Å². The van der Waals surface area contributed by atoms with Gasteiger partial charge in [-0.2, -0.15) is 5.26 Å². The van der Waals surface area contributed by atoms with Gasteiger partial charge in [-0.3, -0.25) is 0 Å². The van der Waals surface area contributed by atoms with Gasteiger partial charge in [-0.15, -0.1) is 0 Å². The monoisotopic (exact) mass is 302 g/mol. The molecule has 2 aromatic rings. The maximum absolute atomic E-state index is 12.4. The average molecular weight is 302 g/mol. The van der Waals surface area contributed by atoms with E-state index in [2.05, 4.69) is 0 Å². The summed E-state index contributed by atoms with van der Waals surface area (Å²) in [6.07, 6.45) is 1.23. The molecule has 1 heterocycles. The molecule has 0 N–H and O–H groups in total. The van der Waals surface area contributed by atoms with Crippen LogP contribution in [-0.4, -0.2) is 22.5 Å². The van der Waals surface area contributed by atoms with Crippen molar-refractivity contribution in [2.75, 3.05) is 19.0 Å². The standard InChI is InChI=1S/C15H14N2O3S/c1-17(2)15-9-8-12(20-15)10-14(11-16)21(18,19)13-6-4-3-5-7-13/h3-10H,1-2H3/b14-10+. The third-order valence-electron chi connectivity index (χ3n) is 2.78. The van der Waals surface area contributed by atoms with Crippen molar-refractivity contribution in [1.82, 2.24) is 0 Å². The first kappa shape index (κ1) is 14.9. The maximum Gasteiger partial charge on any atom is 0.216 e. The molecule has 0 aliphatic rings. The second kappa shape index (κ2) is 5.85. The van der Waals surface area contributed by atoms with Crippen LogP contribution >= 0.6 is 0 Å². The Bertz CT molecular complexity index is 797. The number of furan rings is 1. The van der Waals surface area contributed by atoms with E-state index in [9.17, 15) is 8.42 Å². The Labute approximate surface area is 123 Å². The molecule has 6 heteroatoms. The van der Waals surface area contributed by atoms with E-state index in [1.54, 1.807) is 55.4 Å². The number of nitrogens with zero attached hydrogens (tertiary/aromatic N) is 2. The van der Waals surface area contributed by atoms with Crippen molar-refractivity contribution >= 4 is 21.8 Å². The molecule has 0 aliphatic heterocycles. The summed E-state index contributed by atoms with van der Waals surface area (Å²) in [4.78, 5) is 1.47. The van der Waals surface area contributed by atoms with Crippen LogP contribution in [0, 0.1) is 11.3 Å². The van der Waals surface area contributed by atoms with E-state index < -0.39 is 9.84 Å². The summed E-state index contributed by atoms with van der Waals surface area (Å²) in [6, 6.07) is 12.9. The van der Waals surface area contributed by atoms with E-state index in [1.807, 2.05) is 0 Å². The van der Waals surface area contributed by atoms with Gasteiger partial charge in [-0.05, 0) is 18.2 Å². The molecule has 0 fully saturated rings. The number of benzene rings is 1. The topological polar surface area (TPSA) is 74.3 Å². The van der Waals surface area contributed by atoms with Gasteiger partial charge in [0.2, 0.25) is 9.84 Å². The predicted molar refractivity (Wildman–Crippen MR) is 80.3 cm³/mol. The Kier molecular flexibility index (Phi) is 4.15. The Hall–Kier alpha value is -2.52. The van der Waals surface area contributed by atoms with Gasteiger partial charge in [0, 0.05) is 26.2 Å². The first-order valence-electron chi connectivity index (χ1n) is 6.14. The Morgan fingerprint density at radius 2 is 1.86 bits per heavy atom. The van der Waals surface area contributed by atoms with Crippen LogP contribution in [0.5, 0.6) is 0 Å². The first-order valence-corrected chi connectivity index (χ1v) is 7.62. The van der Waals surface area contributed by atoms with Crippen LogP contribution < -0.4 is 4.90 Å². The third kappa shape index (κ3) is 3.15. The van der Waals surface area contributed by atoms with Crippen molar-refractivity contribution in [2.24, 2.45) is 0 Å². The highest BCUT2D eigenvalue weighted by molar-refractivity contribution is 7.95. The summed E-state index contributed by atoms with van der Waals surface area (Å²) < 4.78 is 30.2. The number of nitriles is 1. The molecule has 0 saturated heterocycles. The summed E-state index contributed by atoms with van der Waals surface area (Å²) in [5, 5.41) is 9.15. The molecule has 5 nitrogen and oxygen atoms in total. The summed E-state index contributed by atoms with van der Waals surface area (Å²) in [5.74, 6) is 0.894. The van der Waals surface area contributed by atoms with E-state index >= 15 is 0 Å². The third-order valence-corrected chi connectivity index (χ3v) is 4.46. The van der Waals surface area contributed by atoms with Crippen molar-refractivity contribution in [1.29, 1.82) is 5.26 Å². The molecule has 0 unspecified atom stereocenters. The fourth-order valence-corrected chi connectivity index (χ4v) is 2.85. The molecule has 0 amide bonds. The minimum Gasteiger partial charge on any atom is -0.441 e. The molecule has 21 heavy (non-hydrogen) atoms. The van der Waals surface area contributed by atoms with Crippen molar-refractivity contribution < 1.29 is 12.8 Å². The zero-order valence-corrected chi connectivity index (χ0v) is 12.5. The van der Waals surface area contributed by atoms with Gasteiger partial charge in [0.05, 0.1) is 4.90 Å². The van der Waals surface area contributed by atoms with Gasteiger partial charge in [0.15, 0.2) is 10.8 Å².